The maximum Gasteiger partial charge on any atom is 0.275 e. The third-order valence-electron chi connectivity index (χ3n) is 3.85. The Morgan fingerprint density at radius 2 is 2.00 bits per heavy atom. The second-order valence-electron chi connectivity index (χ2n) is 5.53. The molecular formula is C18H18FN3O3. The van der Waals surface area contributed by atoms with Crippen molar-refractivity contribution >= 4 is 17.8 Å². The SMILES string of the molecule is O=C(N/N=C/c1ccc(N2CCOCC2)c(F)c1)c1ccccc1O. The van der Waals surface area contributed by atoms with Crippen LogP contribution in [0.4, 0.5) is 10.1 Å². The van der Waals surface area contributed by atoms with Gasteiger partial charge < -0.3 is 14.7 Å². The van der Waals surface area contributed by atoms with E-state index in [1.165, 1.54) is 24.4 Å². The fourth-order valence-electron chi connectivity index (χ4n) is 2.56. The molecule has 130 valence electrons. The summed E-state index contributed by atoms with van der Waals surface area (Å²) in [7, 11) is 0. The highest BCUT2D eigenvalue weighted by Crippen LogP contribution is 2.21. The first kappa shape index (κ1) is 16.9. The number of ether oxygens (including phenoxy) is 1. The molecule has 7 heteroatoms. The van der Waals surface area contributed by atoms with Gasteiger partial charge in [-0.3, -0.25) is 4.79 Å². The van der Waals surface area contributed by atoms with Gasteiger partial charge in [0.2, 0.25) is 0 Å². The number of benzene rings is 2. The molecule has 0 atom stereocenters. The lowest BCUT2D eigenvalue weighted by Gasteiger charge is -2.29. The molecule has 0 unspecified atom stereocenters. The quantitative estimate of drug-likeness (QED) is 0.659. The Morgan fingerprint density at radius 3 is 2.72 bits per heavy atom. The van der Waals surface area contributed by atoms with Gasteiger partial charge >= 0.3 is 0 Å². The maximum atomic E-state index is 14.3. The molecule has 1 saturated heterocycles. The molecule has 2 aromatic rings. The van der Waals surface area contributed by atoms with Crippen LogP contribution in [0.5, 0.6) is 5.75 Å². The zero-order chi connectivity index (χ0) is 17.6. The number of hydrazone groups is 1. The van der Waals surface area contributed by atoms with Gasteiger partial charge in [-0.2, -0.15) is 5.10 Å². The van der Waals surface area contributed by atoms with Gasteiger partial charge in [0.05, 0.1) is 30.7 Å². The number of rotatable bonds is 4. The summed E-state index contributed by atoms with van der Waals surface area (Å²) < 4.78 is 19.5. The fraction of sp³-hybridized carbons (Fsp3) is 0.222. The smallest absolute Gasteiger partial charge is 0.275 e. The summed E-state index contributed by atoms with van der Waals surface area (Å²) in [4.78, 5) is 13.8. The third-order valence-corrected chi connectivity index (χ3v) is 3.85. The zero-order valence-electron chi connectivity index (χ0n) is 13.5. The Bertz CT molecular complexity index is 789. The maximum absolute atomic E-state index is 14.3. The summed E-state index contributed by atoms with van der Waals surface area (Å²) in [6, 6.07) is 10.9. The molecule has 2 N–H and O–H groups in total. The minimum absolute atomic E-state index is 0.119. The van der Waals surface area contributed by atoms with Crippen molar-refractivity contribution in [3.63, 3.8) is 0 Å². The number of carbonyl (C=O) groups excluding carboxylic acids is 1. The van der Waals surface area contributed by atoms with E-state index in [1.807, 2.05) is 4.90 Å². The van der Waals surface area contributed by atoms with Gasteiger partial charge in [0.15, 0.2) is 0 Å². The van der Waals surface area contributed by atoms with Gasteiger partial charge in [0.1, 0.15) is 11.6 Å². The average molecular weight is 343 g/mol. The molecule has 0 aromatic heterocycles. The lowest BCUT2D eigenvalue weighted by Crippen LogP contribution is -2.36. The van der Waals surface area contributed by atoms with Crippen molar-refractivity contribution in [2.75, 3.05) is 31.2 Å². The molecule has 1 aliphatic rings. The first-order valence-electron chi connectivity index (χ1n) is 7.89. The van der Waals surface area contributed by atoms with Gasteiger partial charge in [0, 0.05) is 13.1 Å². The predicted octanol–water partition coefficient (Wildman–Crippen LogP) is 2.13. The van der Waals surface area contributed by atoms with Crippen molar-refractivity contribution in [3.05, 3.63) is 59.4 Å². The highest BCUT2D eigenvalue weighted by atomic mass is 19.1. The number of carbonyl (C=O) groups is 1. The molecule has 6 nitrogen and oxygen atoms in total. The van der Waals surface area contributed by atoms with Crippen LogP contribution in [-0.2, 0) is 4.74 Å². The minimum atomic E-state index is -0.542. The number of nitrogens with one attached hydrogen (secondary N) is 1. The number of aromatic hydroxyl groups is 1. The molecule has 0 saturated carbocycles. The van der Waals surface area contributed by atoms with Crippen LogP contribution in [0.25, 0.3) is 0 Å². The van der Waals surface area contributed by atoms with Crippen LogP contribution in [0, 0.1) is 5.82 Å². The Morgan fingerprint density at radius 1 is 1.24 bits per heavy atom. The van der Waals surface area contributed by atoms with E-state index in [2.05, 4.69) is 10.5 Å². The minimum Gasteiger partial charge on any atom is -0.507 e. The van der Waals surface area contributed by atoms with E-state index in [4.69, 9.17) is 4.74 Å². The topological polar surface area (TPSA) is 74.2 Å². The highest BCUT2D eigenvalue weighted by molar-refractivity contribution is 5.97. The molecule has 1 heterocycles. The normalized spacial score (nSPS) is 14.7. The third kappa shape index (κ3) is 4.13. The van der Waals surface area contributed by atoms with Crippen molar-refractivity contribution in [2.45, 2.75) is 0 Å². The predicted molar refractivity (Wildman–Crippen MR) is 92.6 cm³/mol. The summed E-state index contributed by atoms with van der Waals surface area (Å²) >= 11 is 0. The van der Waals surface area contributed by atoms with Crippen molar-refractivity contribution in [1.82, 2.24) is 5.43 Å². The largest absolute Gasteiger partial charge is 0.507 e. The Hall–Kier alpha value is -2.93. The number of halogens is 1. The van der Waals surface area contributed by atoms with Gasteiger partial charge in [-0.25, -0.2) is 9.82 Å². The number of phenolic OH excluding ortho intramolecular Hbond substituents is 1. The van der Waals surface area contributed by atoms with Crippen molar-refractivity contribution < 1.29 is 19.0 Å². The van der Waals surface area contributed by atoms with Gasteiger partial charge in [-0.15, -0.1) is 0 Å². The van der Waals surface area contributed by atoms with E-state index >= 15 is 0 Å². The fourth-order valence-corrected chi connectivity index (χ4v) is 2.56. The zero-order valence-corrected chi connectivity index (χ0v) is 13.5. The highest BCUT2D eigenvalue weighted by Gasteiger charge is 2.15. The second-order valence-corrected chi connectivity index (χ2v) is 5.53. The number of para-hydroxylation sites is 1. The average Bonchev–Trinajstić information content (AvgIpc) is 2.63. The Balaban J connectivity index is 1.64. The van der Waals surface area contributed by atoms with E-state index in [0.717, 1.165) is 0 Å². The molecule has 0 spiro atoms. The molecule has 3 rings (SSSR count). The van der Waals surface area contributed by atoms with Crippen LogP contribution in [0.15, 0.2) is 47.6 Å². The number of hydrogen-bond acceptors (Lipinski definition) is 5. The standard InChI is InChI=1S/C18H18FN3O3/c19-15-11-13(5-6-16(15)22-7-9-25-10-8-22)12-20-21-18(24)14-3-1-2-4-17(14)23/h1-6,11-12,23H,7-10H2,(H,21,24)/b20-12+. The van der Waals surface area contributed by atoms with Crippen LogP contribution in [0.2, 0.25) is 0 Å². The van der Waals surface area contributed by atoms with Gasteiger partial charge in [-0.1, -0.05) is 18.2 Å². The monoisotopic (exact) mass is 343 g/mol. The number of hydrogen-bond donors (Lipinski definition) is 2. The van der Waals surface area contributed by atoms with E-state index in [9.17, 15) is 14.3 Å². The van der Waals surface area contributed by atoms with E-state index in [1.54, 1.807) is 24.3 Å². The van der Waals surface area contributed by atoms with Gasteiger partial charge in [0.25, 0.3) is 5.91 Å². The molecule has 0 aliphatic carbocycles. The molecule has 0 radical (unpaired) electrons. The van der Waals surface area contributed by atoms with Crippen molar-refractivity contribution in [2.24, 2.45) is 5.10 Å². The van der Waals surface area contributed by atoms with Crippen molar-refractivity contribution in [1.29, 1.82) is 0 Å². The molecule has 1 fully saturated rings. The molecule has 1 amide bonds. The first-order valence-corrected chi connectivity index (χ1v) is 7.89. The van der Waals surface area contributed by atoms with Crippen LogP contribution < -0.4 is 10.3 Å². The van der Waals surface area contributed by atoms with E-state index in [-0.39, 0.29) is 17.1 Å². The molecule has 1 aliphatic heterocycles. The van der Waals surface area contributed by atoms with Crippen LogP contribution >= 0.6 is 0 Å². The summed E-state index contributed by atoms with van der Waals surface area (Å²) in [6.45, 7) is 2.48. The molecule has 25 heavy (non-hydrogen) atoms. The number of phenols is 1. The lowest BCUT2D eigenvalue weighted by molar-refractivity contribution is 0.0952. The molecular weight excluding hydrogens is 325 g/mol. The van der Waals surface area contributed by atoms with Crippen molar-refractivity contribution in [3.8, 4) is 5.75 Å². The summed E-state index contributed by atoms with van der Waals surface area (Å²) in [6.07, 6.45) is 1.35. The molecule has 0 bridgehead atoms. The summed E-state index contributed by atoms with van der Waals surface area (Å²) in [5.74, 6) is -1.02. The van der Waals surface area contributed by atoms with E-state index < -0.39 is 5.91 Å². The second kappa shape index (κ2) is 7.76. The van der Waals surface area contributed by atoms with Crippen LogP contribution in [0.3, 0.4) is 0 Å². The number of nitrogens with zero attached hydrogens (tertiary/aromatic N) is 2. The van der Waals surface area contributed by atoms with E-state index in [0.29, 0.717) is 37.6 Å². The molecule has 2 aromatic carbocycles. The van der Waals surface area contributed by atoms with Crippen LogP contribution in [0.1, 0.15) is 15.9 Å². The van der Waals surface area contributed by atoms with Crippen LogP contribution in [-0.4, -0.2) is 43.5 Å². The first-order chi connectivity index (χ1) is 12.1. The Kier molecular flexibility index (Phi) is 5.25. The summed E-state index contributed by atoms with van der Waals surface area (Å²) in [5.41, 5.74) is 3.47. The number of anilines is 1. The Labute approximate surface area is 144 Å². The number of morpholine rings is 1. The van der Waals surface area contributed by atoms with Gasteiger partial charge in [-0.05, 0) is 29.8 Å². The summed E-state index contributed by atoms with van der Waals surface area (Å²) in [5, 5.41) is 13.4. The lowest BCUT2D eigenvalue weighted by atomic mass is 10.2. The number of amides is 1.